The van der Waals surface area contributed by atoms with Gasteiger partial charge in [-0.2, -0.15) is 0 Å². The van der Waals surface area contributed by atoms with Crippen LogP contribution in [0, 0.1) is 10.1 Å². The molecule has 3 rings (SSSR count). The van der Waals surface area contributed by atoms with E-state index in [9.17, 15) is 18.5 Å². The number of benzene rings is 3. The number of nitro benzene ring substituents is 1. The molecule has 3 aromatic carbocycles. The molecule has 0 unspecified atom stereocenters. The molecule has 6 nitrogen and oxygen atoms in total. The van der Waals surface area contributed by atoms with Crippen LogP contribution in [0.3, 0.4) is 0 Å². The lowest BCUT2D eigenvalue weighted by Crippen LogP contribution is -2.16. The van der Waals surface area contributed by atoms with Gasteiger partial charge < -0.3 is 0 Å². The van der Waals surface area contributed by atoms with Crippen molar-refractivity contribution < 1.29 is 13.3 Å². The maximum absolute atomic E-state index is 12.5. The molecule has 138 valence electrons. The number of hydrogen-bond acceptors (Lipinski definition) is 4. The van der Waals surface area contributed by atoms with Crippen LogP contribution < -0.4 is 4.72 Å². The third-order valence-corrected chi connectivity index (χ3v) is 5.22. The highest BCUT2D eigenvalue weighted by atomic mass is 32.2. The van der Waals surface area contributed by atoms with Crippen LogP contribution in [0.1, 0.15) is 16.7 Å². The van der Waals surface area contributed by atoms with Crippen molar-refractivity contribution >= 4 is 21.4 Å². The Hall–Kier alpha value is -3.19. The van der Waals surface area contributed by atoms with E-state index in [4.69, 9.17) is 0 Å². The lowest BCUT2D eigenvalue weighted by Gasteiger charge is -2.10. The first-order valence-corrected chi connectivity index (χ1v) is 9.94. The van der Waals surface area contributed by atoms with E-state index in [1.165, 1.54) is 18.2 Å². The summed E-state index contributed by atoms with van der Waals surface area (Å²) in [4.78, 5) is 10.5. The molecule has 0 bridgehead atoms. The van der Waals surface area contributed by atoms with E-state index in [2.05, 4.69) is 4.72 Å². The Morgan fingerprint density at radius 3 is 2.26 bits per heavy atom. The Labute approximate surface area is 157 Å². The van der Waals surface area contributed by atoms with E-state index in [0.717, 1.165) is 11.1 Å². The molecule has 0 aliphatic heterocycles. The third kappa shape index (κ3) is 5.15. The van der Waals surface area contributed by atoms with Crippen LogP contribution in [0.25, 0.3) is 0 Å². The standard InChI is InChI=1S/C20H18N2O4S/c23-22(24)20-12-5-4-10-18(20)15-27(25,26)21-19-11-6-9-17(14-19)13-16-7-2-1-3-8-16/h1-12,14,21H,13,15H2. The van der Waals surface area contributed by atoms with Gasteiger partial charge in [-0.25, -0.2) is 8.42 Å². The monoisotopic (exact) mass is 382 g/mol. The molecule has 0 amide bonds. The Kier molecular flexibility index (Phi) is 5.52. The largest absolute Gasteiger partial charge is 0.283 e. The summed E-state index contributed by atoms with van der Waals surface area (Å²) in [6.07, 6.45) is 0.681. The zero-order chi connectivity index (χ0) is 19.3. The predicted octanol–water partition coefficient (Wildman–Crippen LogP) is 4.13. The number of anilines is 1. The van der Waals surface area contributed by atoms with E-state index in [1.807, 2.05) is 36.4 Å². The van der Waals surface area contributed by atoms with Gasteiger partial charge in [0.1, 0.15) is 5.75 Å². The maximum atomic E-state index is 12.5. The van der Waals surface area contributed by atoms with Crippen LogP contribution in [0.15, 0.2) is 78.9 Å². The summed E-state index contributed by atoms with van der Waals surface area (Å²) in [6.45, 7) is 0. The quantitative estimate of drug-likeness (QED) is 0.491. The molecule has 3 aromatic rings. The Morgan fingerprint density at radius 2 is 1.52 bits per heavy atom. The van der Waals surface area contributed by atoms with Gasteiger partial charge in [0, 0.05) is 17.3 Å². The zero-order valence-corrected chi connectivity index (χ0v) is 15.2. The first-order valence-electron chi connectivity index (χ1n) is 8.28. The van der Waals surface area contributed by atoms with Gasteiger partial charge in [-0.15, -0.1) is 0 Å². The number of nitrogens with one attached hydrogen (secondary N) is 1. The van der Waals surface area contributed by atoms with E-state index >= 15 is 0 Å². The Balaban J connectivity index is 1.76. The number of rotatable bonds is 7. The average Bonchev–Trinajstić information content (AvgIpc) is 2.62. The van der Waals surface area contributed by atoms with Gasteiger partial charge >= 0.3 is 0 Å². The minimum Gasteiger partial charge on any atom is -0.283 e. The van der Waals surface area contributed by atoms with Crippen LogP contribution in [0.2, 0.25) is 0 Å². The van der Waals surface area contributed by atoms with Gasteiger partial charge in [0.2, 0.25) is 10.0 Å². The fraction of sp³-hybridized carbons (Fsp3) is 0.100. The molecule has 0 saturated carbocycles. The van der Waals surface area contributed by atoms with Crippen LogP contribution >= 0.6 is 0 Å². The molecule has 0 aromatic heterocycles. The van der Waals surface area contributed by atoms with Gasteiger partial charge in [0.05, 0.1) is 4.92 Å². The molecule has 0 aliphatic rings. The Morgan fingerprint density at radius 1 is 0.852 bits per heavy atom. The fourth-order valence-corrected chi connectivity index (χ4v) is 4.02. The fourth-order valence-electron chi connectivity index (χ4n) is 2.81. The molecule has 0 saturated heterocycles. The smallest absolute Gasteiger partial charge is 0.273 e. The minimum atomic E-state index is -3.79. The number of sulfonamides is 1. The van der Waals surface area contributed by atoms with Crippen molar-refractivity contribution in [3.05, 3.63) is 106 Å². The van der Waals surface area contributed by atoms with Crippen LogP contribution in [-0.2, 0) is 22.2 Å². The van der Waals surface area contributed by atoms with Gasteiger partial charge in [-0.1, -0.05) is 60.7 Å². The second kappa shape index (κ2) is 8.01. The first kappa shape index (κ1) is 18.6. The van der Waals surface area contributed by atoms with Crippen molar-refractivity contribution in [2.45, 2.75) is 12.2 Å². The summed E-state index contributed by atoms with van der Waals surface area (Å²) >= 11 is 0. The van der Waals surface area contributed by atoms with Crippen molar-refractivity contribution in [2.24, 2.45) is 0 Å². The van der Waals surface area contributed by atoms with E-state index < -0.39 is 20.7 Å². The van der Waals surface area contributed by atoms with Gasteiger partial charge in [-0.05, 0) is 29.7 Å². The predicted molar refractivity (Wildman–Crippen MR) is 105 cm³/mol. The maximum Gasteiger partial charge on any atom is 0.273 e. The highest BCUT2D eigenvalue weighted by Crippen LogP contribution is 2.22. The summed E-state index contributed by atoms with van der Waals surface area (Å²) in [5.41, 5.74) is 2.46. The van der Waals surface area contributed by atoms with Crippen LogP contribution in [0.4, 0.5) is 11.4 Å². The van der Waals surface area contributed by atoms with E-state index in [-0.39, 0.29) is 11.3 Å². The SMILES string of the molecule is O=[N+]([O-])c1ccccc1CS(=O)(=O)Nc1cccc(Cc2ccccc2)c1. The molecule has 0 aliphatic carbocycles. The van der Waals surface area contributed by atoms with Crippen molar-refractivity contribution in [3.63, 3.8) is 0 Å². The molecule has 0 spiro atoms. The van der Waals surface area contributed by atoms with E-state index in [1.54, 1.807) is 24.3 Å². The zero-order valence-electron chi connectivity index (χ0n) is 14.4. The first-order chi connectivity index (χ1) is 12.9. The van der Waals surface area contributed by atoms with Crippen molar-refractivity contribution in [3.8, 4) is 0 Å². The average molecular weight is 382 g/mol. The lowest BCUT2D eigenvalue weighted by molar-refractivity contribution is -0.385. The van der Waals surface area contributed by atoms with Crippen molar-refractivity contribution in [1.82, 2.24) is 0 Å². The molecular weight excluding hydrogens is 364 g/mol. The van der Waals surface area contributed by atoms with Gasteiger partial charge in [0.25, 0.3) is 5.69 Å². The summed E-state index contributed by atoms with van der Waals surface area (Å²) in [5.74, 6) is -0.465. The number of para-hydroxylation sites is 1. The minimum absolute atomic E-state index is 0.149. The number of nitrogens with zero attached hydrogens (tertiary/aromatic N) is 1. The summed E-state index contributed by atoms with van der Waals surface area (Å²) < 4.78 is 27.5. The molecule has 0 atom stereocenters. The van der Waals surface area contributed by atoms with Crippen LogP contribution in [-0.4, -0.2) is 13.3 Å². The van der Waals surface area contributed by atoms with Crippen molar-refractivity contribution in [2.75, 3.05) is 4.72 Å². The molecule has 0 heterocycles. The molecule has 0 radical (unpaired) electrons. The van der Waals surface area contributed by atoms with Gasteiger partial charge in [-0.3, -0.25) is 14.8 Å². The Bertz CT molecular complexity index is 1050. The molecule has 1 N–H and O–H groups in total. The number of nitro groups is 1. The second-order valence-electron chi connectivity index (χ2n) is 6.11. The molecule has 7 heteroatoms. The van der Waals surface area contributed by atoms with Gasteiger partial charge in [0.15, 0.2) is 0 Å². The van der Waals surface area contributed by atoms with E-state index in [0.29, 0.717) is 12.1 Å². The third-order valence-electron chi connectivity index (χ3n) is 3.99. The number of hydrogen-bond donors (Lipinski definition) is 1. The molecular formula is C20H18N2O4S. The summed E-state index contributed by atoms with van der Waals surface area (Å²) in [7, 11) is -3.79. The molecule has 0 fully saturated rings. The highest BCUT2D eigenvalue weighted by Gasteiger charge is 2.19. The van der Waals surface area contributed by atoms with Crippen LogP contribution in [0.5, 0.6) is 0 Å². The van der Waals surface area contributed by atoms with Crippen molar-refractivity contribution in [1.29, 1.82) is 0 Å². The summed E-state index contributed by atoms with van der Waals surface area (Å²) in [6, 6.07) is 22.8. The highest BCUT2D eigenvalue weighted by molar-refractivity contribution is 7.91. The normalized spacial score (nSPS) is 11.1. The topological polar surface area (TPSA) is 89.3 Å². The second-order valence-corrected chi connectivity index (χ2v) is 7.83. The summed E-state index contributed by atoms with van der Waals surface area (Å²) in [5, 5.41) is 11.1. The molecule has 27 heavy (non-hydrogen) atoms. The lowest BCUT2D eigenvalue weighted by atomic mass is 10.0.